The molecule has 0 saturated heterocycles. The van der Waals surface area contributed by atoms with Gasteiger partial charge >= 0.3 is 5.69 Å². The van der Waals surface area contributed by atoms with Crippen LogP contribution in [-0.4, -0.2) is 21.2 Å². The van der Waals surface area contributed by atoms with E-state index in [9.17, 15) is 4.79 Å². The fraction of sp³-hybridized carbons (Fsp3) is 0.400. The predicted octanol–water partition coefficient (Wildman–Crippen LogP) is -0.390. The van der Waals surface area contributed by atoms with Crippen LogP contribution >= 0.6 is 11.8 Å². The third kappa shape index (κ3) is 2.23. The van der Waals surface area contributed by atoms with Crippen molar-refractivity contribution in [2.24, 2.45) is 0 Å². The summed E-state index contributed by atoms with van der Waals surface area (Å²) in [5.41, 5.74) is 4.80. The summed E-state index contributed by atoms with van der Waals surface area (Å²) in [5, 5.41) is 0. The lowest BCUT2D eigenvalue weighted by molar-refractivity contribution is 0.930. The molecule has 3 N–H and O–H groups in total. The van der Waals surface area contributed by atoms with Gasteiger partial charge in [0, 0.05) is 0 Å². The minimum absolute atomic E-state index is 0.0257. The van der Waals surface area contributed by atoms with Crippen molar-refractivity contribution in [3.05, 3.63) is 16.3 Å². The van der Waals surface area contributed by atoms with E-state index in [0.717, 1.165) is 0 Å². The number of hydrogen-bond donors (Lipinski definition) is 2. The van der Waals surface area contributed by atoms with Gasteiger partial charge in [0.2, 0.25) is 5.95 Å². The van der Waals surface area contributed by atoms with Crippen molar-refractivity contribution in [1.82, 2.24) is 15.0 Å². The Morgan fingerprint density at radius 3 is 2.91 bits per heavy atom. The van der Waals surface area contributed by atoms with Crippen LogP contribution in [0.4, 0.5) is 5.95 Å². The van der Waals surface area contributed by atoms with Crippen LogP contribution in [0.15, 0.2) is 4.79 Å². The molecule has 0 aliphatic heterocycles. The molecule has 0 aromatic carbocycles. The van der Waals surface area contributed by atoms with Gasteiger partial charge in [0.15, 0.2) is 0 Å². The first kappa shape index (κ1) is 8.06. The first-order valence-electron chi connectivity index (χ1n) is 2.94. The van der Waals surface area contributed by atoms with Gasteiger partial charge in [-0.1, -0.05) is 0 Å². The van der Waals surface area contributed by atoms with E-state index in [-0.39, 0.29) is 5.95 Å². The zero-order valence-corrected chi connectivity index (χ0v) is 6.81. The molecule has 0 radical (unpaired) electrons. The van der Waals surface area contributed by atoms with E-state index in [1.54, 1.807) is 11.8 Å². The Bertz CT molecular complexity index is 297. The number of nitrogens with two attached hydrogens (primary N) is 1. The second kappa shape index (κ2) is 3.38. The van der Waals surface area contributed by atoms with Crippen molar-refractivity contribution in [1.29, 1.82) is 0 Å². The molecular formula is C5H8N4OS. The molecule has 6 heteroatoms. The molecule has 0 aliphatic rings. The van der Waals surface area contributed by atoms with Crippen LogP contribution in [0.1, 0.15) is 5.82 Å². The van der Waals surface area contributed by atoms with Gasteiger partial charge in [-0.05, 0) is 6.26 Å². The molecule has 0 atom stereocenters. The summed E-state index contributed by atoms with van der Waals surface area (Å²) < 4.78 is 0. The Hall–Kier alpha value is -1.04. The van der Waals surface area contributed by atoms with E-state index < -0.39 is 5.69 Å². The predicted molar refractivity (Wildman–Crippen MR) is 44.3 cm³/mol. The van der Waals surface area contributed by atoms with Crippen LogP contribution in [0.25, 0.3) is 0 Å². The third-order valence-electron chi connectivity index (χ3n) is 0.998. The van der Waals surface area contributed by atoms with E-state index in [1.165, 1.54) is 0 Å². The number of anilines is 1. The lowest BCUT2D eigenvalue weighted by Gasteiger charge is -1.96. The molecule has 1 aromatic heterocycles. The number of nitrogen functional groups attached to an aromatic ring is 1. The molecule has 60 valence electrons. The smallest absolute Gasteiger partial charge is 0.349 e. The topological polar surface area (TPSA) is 84.7 Å². The number of nitrogens with one attached hydrogen (secondary N) is 1. The molecule has 0 saturated carbocycles. The first-order chi connectivity index (χ1) is 5.22. The Morgan fingerprint density at radius 2 is 2.36 bits per heavy atom. The summed E-state index contributed by atoms with van der Waals surface area (Å²) in [5.74, 6) is 1.23. The number of thioether (sulfide) groups is 1. The number of H-pyrrole nitrogens is 1. The molecule has 1 heterocycles. The standard InChI is InChI=1S/C5H8N4OS/c1-11-2-3-7-4(6)9-5(10)8-3/h2H2,1H3,(H3,6,7,8,9,10). The van der Waals surface area contributed by atoms with E-state index in [2.05, 4.69) is 15.0 Å². The van der Waals surface area contributed by atoms with Crippen LogP contribution in [0.2, 0.25) is 0 Å². The molecule has 0 spiro atoms. The van der Waals surface area contributed by atoms with E-state index in [4.69, 9.17) is 5.73 Å². The molecule has 11 heavy (non-hydrogen) atoms. The zero-order chi connectivity index (χ0) is 8.27. The van der Waals surface area contributed by atoms with Gasteiger partial charge in [-0.15, -0.1) is 0 Å². The second-order valence-corrected chi connectivity index (χ2v) is 2.76. The molecule has 1 rings (SSSR count). The summed E-state index contributed by atoms with van der Waals surface area (Å²) in [6.45, 7) is 0. The molecule has 0 amide bonds. The van der Waals surface area contributed by atoms with Gasteiger partial charge in [0.05, 0.1) is 5.75 Å². The Morgan fingerprint density at radius 1 is 1.64 bits per heavy atom. The van der Waals surface area contributed by atoms with Crippen molar-refractivity contribution < 1.29 is 0 Å². The lowest BCUT2D eigenvalue weighted by Crippen LogP contribution is -2.16. The van der Waals surface area contributed by atoms with Crippen molar-refractivity contribution in [2.75, 3.05) is 12.0 Å². The van der Waals surface area contributed by atoms with Crippen molar-refractivity contribution in [3.8, 4) is 0 Å². The largest absolute Gasteiger partial charge is 0.368 e. The molecular weight excluding hydrogens is 164 g/mol. The number of nitrogens with zero attached hydrogens (tertiary/aromatic N) is 2. The van der Waals surface area contributed by atoms with Crippen molar-refractivity contribution >= 4 is 17.7 Å². The molecule has 0 aliphatic carbocycles. The highest BCUT2D eigenvalue weighted by Crippen LogP contribution is 2.00. The number of rotatable bonds is 2. The highest BCUT2D eigenvalue weighted by atomic mass is 32.2. The number of hydrogen-bond acceptors (Lipinski definition) is 5. The third-order valence-corrected chi connectivity index (χ3v) is 1.56. The lowest BCUT2D eigenvalue weighted by atomic mass is 10.7. The normalized spacial score (nSPS) is 9.91. The highest BCUT2D eigenvalue weighted by molar-refractivity contribution is 7.97. The molecule has 0 unspecified atom stereocenters. The number of aromatic nitrogens is 3. The van der Waals surface area contributed by atoms with E-state index in [0.29, 0.717) is 11.6 Å². The minimum Gasteiger partial charge on any atom is -0.368 e. The Kier molecular flexibility index (Phi) is 2.48. The van der Waals surface area contributed by atoms with Gasteiger partial charge in [-0.2, -0.15) is 21.7 Å². The maximum atomic E-state index is 10.7. The summed E-state index contributed by atoms with van der Waals surface area (Å²) in [4.78, 5) is 20.3. The fourth-order valence-corrected chi connectivity index (χ4v) is 1.06. The monoisotopic (exact) mass is 172 g/mol. The van der Waals surface area contributed by atoms with Crippen LogP contribution in [0, 0.1) is 0 Å². The molecule has 5 nitrogen and oxygen atoms in total. The Labute approximate surface area is 67.4 Å². The van der Waals surface area contributed by atoms with Crippen molar-refractivity contribution in [2.45, 2.75) is 5.75 Å². The average molecular weight is 172 g/mol. The SMILES string of the molecule is CSCc1nc(N)nc(=O)[nH]1. The fourth-order valence-electron chi connectivity index (χ4n) is 0.652. The molecule has 1 aromatic rings. The van der Waals surface area contributed by atoms with Crippen LogP contribution in [-0.2, 0) is 5.75 Å². The van der Waals surface area contributed by atoms with Crippen LogP contribution in [0.5, 0.6) is 0 Å². The highest BCUT2D eigenvalue weighted by Gasteiger charge is 1.96. The van der Waals surface area contributed by atoms with Gasteiger partial charge in [0.1, 0.15) is 5.82 Å². The maximum absolute atomic E-state index is 10.7. The van der Waals surface area contributed by atoms with E-state index in [1.807, 2.05) is 6.26 Å². The molecule has 0 bridgehead atoms. The van der Waals surface area contributed by atoms with E-state index >= 15 is 0 Å². The average Bonchev–Trinajstić information content (AvgIpc) is 1.85. The first-order valence-corrected chi connectivity index (χ1v) is 4.33. The summed E-state index contributed by atoms with van der Waals surface area (Å²) in [7, 11) is 0. The summed E-state index contributed by atoms with van der Waals surface area (Å²) >= 11 is 1.56. The van der Waals surface area contributed by atoms with Crippen LogP contribution in [0.3, 0.4) is 0 Å². The minimum atomic E-state index is -0.443. The Balaban J connectivity index is 2.99. The summed E-state index contributed by atoms with van der Waals surface area (Å²) in [6.07, 6.45) is 1.91. The van der Waals surface area contributed by atoms with Crippen LogP contribution < -0.4 is 11.4 Å². The number of aromatic amines is 1. The summed E-state index contributed by atoms with van der Waals surface area (Å²) in [6, 6.07) is 0. The molecule has 0 fully saturated rings. The quantitative estimate of drug-likeness (QED) is 0.634. The van der Waals surface area contributed by atoms with Gasteiger partial charge in [-0.3, -0.25) is 4.98 Å². The maximum Gasteiger partial charge on any atom is 0.349 e. The van der Waals surface area contributed by atoms with Gasteiger partial charge < -0.3 is 5.73 Å². The zero-order valence-electron chi connectivity index (χ0n) is 6.00. The van der Waals surface area contributed by atoms with Gasteiger partial charge in [-0.25, -0.2) is 4.79 Å². The van der Waals surface area contributed by atoms with Gasteiger partial charge in [0.25, 0.3) is 0 Å². The second-order valence-electron chi connectivity index (χ2n) is 1.89. The van der Waals surface area contributed by atoms with Crippen molar-refractivity contribution in [3.63, 3.8) is 0 Å².